The highest BCUT2D eigenvalue weighted by Crippen LogP contribution is 2.24. The third-order valence-corrected chi connectivity index (χ3v) is 3.90. The summed E-state index contributed by atoms with van der Waals surface area (Å²) in [5, 5.41) is 11.6. The van der Waals surface area contributed by atoms with E-state index in [9.17, 15) is 9.59 Å². The molecule has 2 aromatic rings. The number of hydrogen-bond donors (Lipinski definition) is 1. The minimum Gasteiger partial charge on any atom is -0.324 e. The summed E-state index contributed by atoms with van der Waals surface area (Å²) in [7, 11) is 0. The average molecular weight is 386 g/mol. The van der Waals surface area contributed by atoms with Gasteiger partial charge in [0.25, 0.3) is 0 Å². The second-order valence-corrected chi connectivity index (χ2v) is 6.19. The Kier molecular flexibility index (Phi) is 5.72. The molecule has 0 spiro atoms. The highest BCUT2D eigenvalue weighted by atomic mass is 79.9. The fraction of sp³-hybridized carbons (Fsp3) is 0.167. The molecule has 0 fully saturated rings. The zero-order valence-corrected chi connectivity index (χ0v) is 14.9. The van der Waals surface area contributed by atoms with Gasteiger partial charge in [-0.2, -0.15) is 5.26 Å². The molecule has 0 aliphatic rings. The molecule has 0 bridgehead atoms. The number of anilines is 2. The Balaban J connectivity index is 2.17. The van der Waals surface area contributed by atoms with Crippen molar-refractivity contribution in [2.24, 2.45) is 0 Å². The molecule has 0 unspecified atom stereocenters. The number of amides is 2. The van der Waals surface area contributed by atoms with Crippen molar-refractivity contribution in [3.63, 3.8) is 0 Å². The van der Waals surface area contributed by atoms with Crippen LogP contribution in [0.2, 0.25) is 0 Å². The molecule has 6 heteroatoms. The molecule has 0 aromatic heterocycles. The van der Waals surface area contributed by atoms with Gasteiger partial charge in [-0.05, 0) is 48.9 Å². The van der Waals surface area contributed by atoms with Gasteiger partial charge < -0.3 is 10.2 Å². The van der Waals surface area contributed by atoms with Crippen molar-refractivity contribution in [2.75, 3.05) is 16.8 Å². The van der Waals surface area contributed by atoms with Crippen LogP contribution in [-0.2, 0) is 9.59 Å². The van der Waals surface area contributed by atoms with Crippen LogP contribution in [0.4, 0.5) is 11.4 Å². The molecule has 0 saturated carbocycles. The number of carbonyl (C=O) groups is 2. The van der Waals surface area contributed by atoms with Crippen LogP contribution < -0.4 is 10.2 Å². The van der Waals surface area contributed by atoms with Crippen LogP contribution in [-0.4, -0.2) is 18.4 Å². The third-order valence-electron chi connectivity index (χ3n) is 3.41. The molecule has 0 radical (unpaired) electrons. The molecule has 0 saturated heterocycles. The summed E-state index contributed by atoms with van der Waals surface area (Å²) in [6, 6.07) is 14.2. The summed E-state index contributed by atoms with van der Waals surface area (Å²) in [6.07, 6.45) is 0. The van der Waals surface area contributed by atoms with Crippen LogP contribution in [0.1, 0.15) is 18.1 Å². The second kappa shape index (κ2) is 7.75. The number of nitrogens with zero attached hydrogens (tertiary/aromatic N) is 2. The van der Waals surface area contributed by atoms with Gasteiger partial charge in [0.2, 0.25) is 11.8 Å². The smallest absolute Gasteiger partial charge is 0.244 e. The maximum Gasteiger partial charge on any atom is 0.244 e. The lowest BCUT2D eigenvalue weighted by Crippen LogP contribution is -2.37. The quantitative estimate of drug-likeness (QED) is 0.872. The number of rotatable bonds is 4. The molecule has 0 aliphatic heterocycles. The topological polar surface area (TPSA) is 73.2 Å². The first kappa shape index (κ1) is 17.7. The Morgan fingerprint density at radius 1 is 1.25 bits per heavy atom. The zero-order valence-electron chi connectivity index (χ0n) is 13.3. The van der Waals surface area contributed by atoms with Gasteiger partial charge >= 0.3 is 0 Å². The SMILES string of the molecule is CC(=O)N(CC(=O)Nc1cccc(C#N)c1)c1ccc(Br)cc1C. The van der Waals surface area contributed by atoms with Crippen molar-refractivity contribution in [1.29, 1.82) is 5.26 Å². The molecular formula is C18H16BrN3O2. The number of aryl methyl sites for hydroxylation is 1. The number of nitrogens with one attached hydrogen (secondary N) is 1. The van der Waals surface area contributed by atoms with E-state index in [0.717, 1.165) is 10.0 Å². The van der Waals surface area contributed by atoms with E-state index in [0.29, 0.717) is 16.9 Å². The Labute approximate surface area is 149 Å². The normalized spacial score (nSPS) is 9.92. The first-order chi connectivity index (χ1) is 11.4. The van der Waals surface area contributed by atoms with Crippen LogP contribution in [0, 0.1) is 18.3 Å². The van der Waals surface area contributed by atoms with E-state index < -0.39 is 0 Å². The zero-order chi connectivity index (χ0) is 17.7. The van der Waals surface area contributed by atoms with Crippen LogP contribution in [0.25, 0.3) is 0 Å². The molecule has 0 aliphatic carbocycles. The fourth-order valence-corrected chi connectivity index (χ4v) is 2.77. The maximum atomic E-state index is 12.3. The number of hydrogen-bond acceptors (Lipinski definition) is 3. The summed E-state index contributed by atoms with van der Waals surface area (Å²) >= 11 is 3.38. The van der Waals surface area contributed by atoms with Gasteiger partial charge in [-0.1, -0.05) is 22.0 Å². The van der Waals surface area contributed by atoms with Gasteiger partial charge in [-0.15, -0.1) is 0 Å². The Morgan fingerprint density at radius 2 is 2.00 bits per heavy atom. The fourth-order valence-electron chi connectivity index (χ4n) is 2.30. The number of nitriles is 1. The molecule has 2 amide bonds. The van der Waals surface area contributed by atoms with E-state index in [1.165, 1.54) is 11.8 Å². The highest BCUT2D eigenvalue weighted by molar-refractivity contribution is 9.10. The van der Waals surface area contributed by atoms with Gasteiger partial charge in [0, 0.05) is 22.8 Å². The van der Waals surface area contributed by atoms with Crippen molar-refractivity contribution >= 4 is 39.1 Å². The number of halogens is 1. The van der Waals surface area contributed by atoms with Gasteiger partial charge in [0.1, 0.15) is 6.54 Å². The molecule has 122 valence electrons. The van der Waals surface area contributed by atoms with E-state index in [2.05, 4.69) is 21.2 Å². The molecule has 0 heterocycles. The van der Waals surface area contributed by atoms with Crippen molar-refractivity contribution in [3.05, 3.63) is 58.1 Å². The first-order valence-electron chi connectivity index (χ1n) is 7.25. The van der Waals surface area contributed by atoms with Gasteiger partial charge in [0.15, 0.2) is 0 Å². The highest BCUT2D eigenvalue weighted by Gasteiger charge is 2.18. The molecule has 0 atom stereocenters. The minimum atomic E-state index is -0.331. The summed E-state index contributed by atoms with van der Waals surface area (Å²) in [6.45, 7) is 3.20. The van der Waals surface area contributed by atoms with Crippen molar-refractivity contribution in [1.82, 2.24) is 0 Å². The Hall–Kier alpha value is -2.65. The predicted octanol–water partition coefficient (Wildman–Crippen LogP) is 3.62. The van der Waals surface area contributed by atoms with E-state index in [-0.39, 0.29) is 18.4 Å². The van der Waals surface area contributed by atoms with Crippen LogP contribution in [0.5, 0.6) is 0 Å². The van der Waals surface area contributed by atoms with Crippen molar-refractivity contribution in [2.45, 2.75) is 13.8 Å². The van der Waals surface area contributed by atoms with Crippen LogP contribution >= 0.6 is 15.9 Å². The molecule has 5 nitrogen and oxygen atoms in total. The van der Waals surface area contributed by atoms with Gasteiger partial charge in [0.05, 0.1) is 11.6 Å². The van der Waals surface area contributed by atoms with E-state index in [1.54, 1.807) is 30.3 Å². The summed E-state index contributed by atoms with van der Waals surface area (Å²) in [5.74, 6) is -0.552. The Bertz CT molecular complexity index is 827. The van der Waals surface area contributed by atoms with E-state index in [4.69, 9.17) is 5.26 Å². The lowest BCUT2D eigenvalue weighted by atomic mass is 10.1. The van der Waals surface area contributed by atoms with Crippen molar-refractivity contribution < 1.29 is 9.59 Å². The predicted molar refractivity (Wildman–Crippen MR) is 96.7 cm³/mol. The minimum absolute atomic E-state index is 0.103. The average Bonchev–Trinajstić information content (AvgIpc) is 2.53. The second-order valence-electron chi connectivity index (χ2n) is 5.28. The summed E-state index contributed by atoms with van der Waals surface area (Å²) < 4.78 is 0.907. The van der Waals surface area contributed by atoms with Gasteiger partial charge in [-0.25, -0.2) is 0 Å². The van der Waals surface area contributed by atoms with Crippen LogP contribution in [0.15, 0.2) is 46.9 Å². The molecule has 1 N–H and O–H groups in total. The monoisotopic (exact) mass is 385 g/mol. The van der Waals surface area contributed by atoms with Crippen LogP contribution in [0.3, 0.4) is 0 Å². The maximum absolute atomic E-state index is 12.3. The van der Waals surface area contributed by atoms with Gasteiger partial charge in [-0.3, -0.25) is 9.59 Å². The molecule has 2 rings (SSSR count). The third kappa shape index (κ3) is 4.43. The van der Waals surface area contributed by atoms with Crippen molar-refractivity contribution in [3.8, 4) is 6.07 Å². The van der Waals surface area contributed by atoms with E-state index >= 15 is 0 Å². The molecule has 2 aromatic carbocycles. The molecular weight excluding hydrogens is 370 g/mol. The van der Waals surface area contributed by atoms with E-state index in [1.807, 2.05) is 25.1 Å². The first-order valence-corrected chi connectivity index (χ1v) is 8.04. The summed E-state index contributed by atoms with van der Waals surface area (Å²) in [5.41, 5.74) is 2.56. The number of benzene rings is 2. The standard InChI is InChI=1S/C18H16BrN3O2/c1-12-8-15(19)6-7-17(12)22(13(2)23)11-18(24)21-16-5-3-4-14(9-16)10-20/h3-9H,11H2,1-2H3,(H,21,24). The number of carbonyl (C=O) groups excluding carboxylic acids is 2. The lowest BCUT2D eigenvalue weighted by Gasteiger charge is -2.22. The summed E-state index contributed by atoms with van der Waals surface area (Å²) in [4.78, 5) is 25.7. The molecule has 24 heavy (non-hydrogen) atoms. The Morgan fingerprint density at radius 3 is 2.62 bits per heavy atom. The largest absolute Gasteiger partial charge is 0.324 e. The lowest BCUT2D eigenvalue weighted by molar-refractivity contribution is -0.120.